The molecule has 7 nitrogen and oxygen atoms in total. The third kappa shape index (κ3) is 4.40. The molecule has 0 aromatic rings. The van der Waals surface area contributed by atoms with Gasteiger partial charge in [0.1, 0.15) is 17.7 Å². The summed E-state index contributed by atoms with van der Waals surface area (Å²) in [7, 11) is 0. The Morgan fingerprint density at radius 3 is 2.45 bits per heavy atom. The Morgan fingerprint density at radius 2 is 1.95 bits per heavy atom. The van der Waals surface area contributed by atoms with Crippen LogP contribution in [0.15, 0.2) is 0 Å². The van der Waals surface area contributed by atoms with E-state index in [0.717, 1.165) is 0 Å². The molecule has 1 heterocycles. The first-order valence-electron chi connectivity index (χ1n) is 6.64. The third-order valence-electron chi connectivity index (χ3n) is 2.92. The van der Waals surface area contributed by atoms with Crippen molar-refractivity contribution in [3.63, 3.8) is 0 Å². The van der Waals surface area contributed by atoms with E-state index in [9.17, 15) is 14.4 Å². The zero-order chi connectivity index (χ0) is 15.5. The zero-order valence-electron chi connectivity index (χ0n) is 12.3. The number of aliphatic carboxylic acids is 1. The van der Waals surface area contributed by atoms with Crippen molar-refractivity contribution in [1.29, 1.82) is 0 Å². The summed E-state index contributed by atoms with van der Waals surface area (Å²) < 4.78 is 5.06. The highest BCUT2D eigenvalue weighted by Crippen LogP contribution is 2.18. The predicted octanol–water partition coefficient (Wildman–Crippen LogP) is 0.975. The molecule has 0 aromatic heterocycles. The van der Waals surface area contributed by atoms with Gasteiger partial charge in [0.05, 0.1) is 0 Å². The van der Waals surface area contributed by atoms with Crippen molar-refractivity contribution >= 4 is 18.0 Å². The Labute approximate surface area is 118 Å². The van der Waals surface area contributed by atoms with Gasteiger partial charge in [-0.15, -0.1) is 0 Å². The van der Waals surface area contributed by atoms with Gasteiger partial charge >= 0.3 is 12.1 Å². The molecule has 2 amide bonds. The molecule has 0 aromatic carbocycles. The summed E-state index contributed by atoms with van der Waals surface area (Å²) in [5, 5.41) is 11.5. The van der Waals surface area contributed by atoms with E-state index in [-0.39, 0.29) is 0 Å². The molecule has 1 aliphatic heterocycles. The second-order valence-corrected chi connectivity index (χ2v) is 5.90. The normalized spacial score (nSPS) is 20.4. The molecule has 0 bridgehead atoms. The fourth-order valence-electron chi connectivity index (χ4n) is 2.08. The van der Waals surface area contributed by atoms with E-state index in [1.807, 2.05) is 0 Å². The molecule has 1 fully saturated rings. The summed E-state index contributed by atoms with van der Waals surface area (Å²) in [5.74, 6) is -1.42. The summed E-state index contributed by atoms with van der Waals surface area (Å²) in [6.07, 6.45) is 0.409. The highest BCUT2D eigenvalue weighted by molar-refractivity contribution is 5.89. The first kappa shape index (κ1) is 16.3. The second kappa shape index (κ2) is 6.11. The number of likely N-dealkylation sites (tertiary alicyclic amines) is 1. The number of hydrogen-bond donors (Lipinski definition) is 2. The average Bonchev–Trinajstić information content (AvgIpc) is 2.73. The van der Waals surface area contributed by atoms with Crippen LogP contribution in [0, 0.1) is 0 Å². The highest BCUT2D eigenvalue weighted by atomic mass is 16.6. The van der Waals surface area contributed by atoms with E-state index in [0.29, 0.717) is 19.4 Å². The molecule has 20 heavy (non-hydrogen) atoms. The van der Waals surface area contributed by atoms with E-state index in [1.165, 1.54) is 11.8 Å². The van der Waals surface area contributed by atoms with Gasteiger partial charge in [0, 0.05) is 6.54 Å². The van der Waals surface area contributed by atoms with Crippen molar-refractivity contribution < 1.29 is 24.2 Å². The predicted molar refractivity (Wildman–Crippen MR) is 71.2 cm³/mol. The van der Waals surface area contributed by atoms with Crippen molar-refractivity contribution in [2.75, 3.05) is 6.54 Å². The number of alkyl carbamates (subject to hydrolysis) is 1. The number of nitrogens with zero attached hydrogens (tertiary/aromatic N) is 1. The van der Waals surface area contributed by atoms with Gasteiger partial charge in [0.25, 0.3) is 0 Å². The molecule has 7 heteroatoms. The Kier molecular flexibility index (Phi) is 4.97. The van der Waals surface area contributed by atoms with E-state index in [1.54, 1.807) is 20.8 Å². The summed E-state index contributed by atoms with van der Waals surface area (Å²) in [6.45, 7) is 7.08. The lowest BCUT2D eigenvalue weighted by Gasteiger charge is -2.26. The SMILES string of the molecule is C[C@H](NC(=O)OC(C)(C)C)C(=O)N1CCC[C@H]1C(=O)O. The molecule has 1 aliphatic rings. The number of carboxylic acids is 1. The van der Waals surface area contributed by atoms with Gasteiger partial charge in [0.2, 0.25) is 5.91 Å². The monoisotopic (exact) mass is 286 g/mol. The lowest BCUT2D eigenvalue weighted by Crippen LogP contribution is -2.51. The molecule has 0 spiro atoms. The van der Waals surface area contributed by atoms with Crippen LogP contribution in [0.1, 0.15) is 40.5 Å². The topological polar surface area (TPSA) is 95.9 Å². The molecular formula is C13H22N2O5. The Bertz CT molecular complexity index is 402. The number of nitrogens with one attached hydrogen (secondary N) is 1. The Morgan fingerprint density at radius 1 is 1.35 bits per heavy atom. The minimum Gasteiger partial charge on any atom is -0.480 e. The number of carbonyl (C=O) groups is 3. The van der Waals surface area contributed by atoms with Gasteiger partial charge in [-0.2, -0.15) is 0 Å². The summed E-state index contributed by atoms with van der Waals surface area (Å²) in [6, 6.07) is -1.62. The van der Waals surface area contributed by atoms with Gasteiger partial charge in [0.15, 0.2) is 0 Å². The number of ether oxygens (including phenoxy) is 1. The van der Waals surface area contributed by atoms with Crippen molar-refractivity contribution in [3.8, 4) is 0 Å². The van der Waals surface area contributed by atoms with Gasteiger partial charge in [-0.25, -0.2) is 9.59 Å². The maximum absolute atomic E-state index is 12.2. The minimum atomic E-state index is -1.01. The minimum absolute atomic E-state index is 0.399. The van der Waals surface area contributed by atoms with Crippen LogP contribution in [0.3, 0.4) is 0 Å². The van der Waals surface area contributed by atoms with Crippen molar-refractivity contribution in [3.05, 3.63) is 0 Å². The van der Waals surface area contributed by atoms with Crippen LogP contribution in [0.4, 0.5) is 4.79 Å². The van der Waals surface area contributed by atoms with Gasteiger partial charge in [-0.1, -0.05) is 0 Å². The Balaban J connectivity index is 2.59. The largest absolute Gasteiger partial charge is 0.480 e. The van der Waals surface area contributed by atoms with E-state index >= 15 is 0 Å². The standard InChI is InChI=1S/C13H22N2O5/c1-8(14-12(19)20-13(2,3)4)10(16)15-7-5-6-9(15)11(17)18/h8-9H,5-7H2,1-4H3,(H,14,19)(H,17,18)/t8-,9-/m0/s1. The number of rotatable bonds is 3. The number of carbonyl (C=O) groups excluding carboxylic acids is 2. The van der Waals surface area contributed by atoms with E-state index < -0.39 is 35.7 Å². The molecule has 0 radical (unpaired) electrons. The molecule has 114 valence electrons. The van der Waals surface area contributed by atoms with Crippen LogP contribution in [0.5, 0.6) is 0 Å². The van der Waals surface area contributed by atoms with Crippen LogP contribution >= 0.6 is 0 Å². The molecule has 1 rings (SSSR count). The third-order valence-corrected chi connectivity index (χ3v) is 2.92. The second-order valence-electron chi connectivity index (χ2n) is 5.90. The van der Waals surface area contributed by atoms with Crippen LogP contribution < -0.4 is 5.32 Å². The van der Waals surface area contributed by atoms with Crippen molar-refractivity contribution in [1.82, 2.24) is 10.2 Å². The fraction of sp³-hybridized carbons (Fsp3) is 0.769. The molecule has 0 saturated carbocycles. The summed E-state index contributed by atoms with van der Waals surface area (Å²) in [4.78, 5) is 36.1. The zero-order valence-corrected chi connectivity index (χ0v) is 12.3. The first-order valence-corrected chi connectivity index (χ1v) is 6.64. The average molecular weight is 286 g/mol. The quantitative estimate of drug-likeness (QED) is 0.806. The maximum atomic E-state index is 12.2. The van der Waals surface area contributed by atoms with E-state index in [4.69, 9.17) is 9.84 Å². The van der Waals surface area contributed by atoms with Crippen LogP contribution in [0.25, 0.3) is 0 Å². The summed E-state index contributed by atoms with van der Waals surface area (Å²) >= 11 is 0. The fourth-order valence-corrected chi connectivity index (χ4v) is 2.08. The van der Waals surface area contributed by atoms with Crippen molar-refractivity contribution in [2.45, 2.75) is 58.2 Å². The molecule has 0 aliphatic carbocycles. The smallest absolute Gasteiger partial charge is 0.408 e. The number of hydrogen-bond acceptors (Lipinski definition) is 4. The van der Waals surface area contributed by atoms with E-state index in [2.05, 4.69) is 5.32 Å². The summed E-state index contributed by atoms with van der Waals surface area (Å²) in [5.41, 5.74) is -0.649. The van der Waals surface area contributed by atoms with Crippen molar-refractivity contribution in [2.24, 2.45) is 0 Å². The van der Waals surface area contributed by atoms with Gasteiger partial charge in [-0.3, -0.25) is 4.79 Å². The van der Waals surface area contributed by atoms with Crippen LogP contribution in [-0.4, -0.2) is 52.2 Å². The van der Waals surface area contributed by atoms with Gasteiger partial charge in [-0.05, 0) is 40.5 Å². The van der Waals surface area contributed by atoms with Crippen LogP contribution in [0.2, 0.25) is 0 Å². The maximum Gasteiger partial charge on any atom is 0.408 e. The molecule has 2 N–H and O–H groups in total. The first-order chi connectivity index (χ1) is 9.11. The molecule has 2 atom stereocenters. The number of amides is 2. The molecule has 1 saturated heterocycles. The van der Waals surface area contributed by atoms with Gasteiger partial charge < -0.3 is 20.1 Å². The lowest BCUT2D eigenvalue weighted by atomic mass is 10.2. The lowest BCUT2D eigenvalue weighted by molar-refractivity contribution is -0.148. The Hall–Kier alpha value is -1.79. The molecular weight excluding hydrogens is 264 g/mol. The highest BCUT2D eigenvalue weighted by Gasteiger charge is 2.36. The van der Waals surface area contributed by atoms with Crippen LogP contribution in [-0.2, 0) is 14.3 Å². The number of carboxylic acid groups (broad SMARTS) is 1. The molecule has 0 unspecified atom stereocenters.